The van der Waals surface area contributed by atoms with Gasteiger partial charge in [0.25, 0.3) is 0 Å². The van der Waals surface area contributed by atoms with E-state index in [0.717, 1.165) is 32.0 Å². The molecule has 4 heteroatoms. The molecule has 1 heterocycles. The van der Waals surface area contributed by atoms with Gasteiger partial charge in [0.2, 0.25) is 0 Å². The van der Waals surface area contributed by atoms with Gasteiger partial charge < -0.3 is 15.4 Å². The molecule has 1 saturated heterocycles. The summed E-state index contributed by atoms with van der Waals surface area (Å²) in [5.74, 6) is 2.22. The van der Waals surface area contributed by atoms with Crippen molar-refractivity contribution in [3.8, 4) is 0 Å². The number of piperidine rings is 1. The fourth-order valence-corrected chi connectivity index (χ4v) is 1.98. The zero-order chi connectivity index (χ0) is 13.4. The highest BCUT2D eigenvalue weighted by Gasteiger charge is 2.16. The quantitative estimate of drug-likeness (QED) is 0.449. The summed E-state index contributed by atoms with van der Waals surface area (Å²) < 4.78 is 5.52. The number of nitrogens with two attached hydrogens (primary N) is 1. The zero-order valence-electron chi connectivity index (χ0n) is 12.2. The van der Waals surface area contributed by atoms with Crippen molar-refractivity contribution in [1.29, 1.82) is 0 Å². The lowest BCUT2D eigenvalue weighted by Gasteiger charge is -2.31. The average molecular weight is 255 g/mol. The summed E-state index contributed by atoms with van der Waals surface area (Å²) in [6.45, 7) is 11.0. The standard InChI is InChI=1S/C14H29N3O/c1-12(2)6-10-18-11-7-16-14(15)17-8-4-13(3)5-9-17/h12-13H,4-11H2,1-3H3,(H2,15,16). The van der Waals surface area contributed by atoms with Gasteiger partial charge in [0, 0.05) is 19.7 Å². The van der Waals surface area contributed by atoms with Gasteiger partial charge in [-0.15, -0.1) is 0 Å². The van der Waals surface area contributed by atoms with Gasteiger partial charge >= 0.3 is 0 Å². The molecule has 0 aromatic heterocycles. The van der Waals surface area contributed by atoms with Crippen LogP contribution in [-0.2, 0) is 4.74 Å². The van der Waals surface area contributed by atoms with E-state index in [9.17, 15) is 0 Å². The Hall–Kier alpha value is -0.770. The van der Waals surface area contributed by atoms with E-state index in [2.05, 4.69) is 30.7 Å². The first-order valence-corrected chi connectivity index (χ1v) is 7.22. The van der Waals surface area contributed by atoms with Gasteiger partial charge in [-0.2, -0.15) is 0 Å². The van der Waals surface area contributed by atoms with Crippen LogP contribution in [0.25, 0.3) is 0 Å². The number of hydrogen-bond donors (Lipinski definition) is 1. The predicted octanol–water partition coefficient (Wildman–Crippen LogP) is 2.10. The average Bonchev–Trinajstić information content (AvgIpc) is 2.34. The Balaban J connectivity index is 2.10. The number of likely N-dealkylation sites (tertiary alicyclic amines) is 1. The summed E-state index contributed by atoms with van der Waals surface area (Å²) >= 11 is 0. The minimum Gasteiger partial charge on any atom is -0.380 e. The zero-order valence-corrected chi connectivity index (χ0v) is 12.2. The summed E-state index contributed by atoms with van der Waals surface area (Å²) in [6, 6.07) is 0. The summed E-state index contributed by atoms with van der Waals surface area (Å²) in [5.41, 5.74) is 5.98. The van der Waals surface area contributed by atoms with Gasteiger partial charge in [0.15, 0.2) is 5.96 Å². The maximum atomic E-state index is 5.98. The van der Waals surface area contributed by atoms with Crippen LogP contribution < -0.4 is 5.73 Å². The first-order chi connectivity index (χ1) is 8.59. The van der Waals surface area contributed by atoms with Crippen LogP contribution in [0.15, 0.2) is 4.99 Å². The molecule has 0 saturated carbocycles. The van der Waals surface area contributed by atoms with Crippen LogP contribution in [-0.4, -0.2) is 43.7 Å². The van der Waals surface area contributed by atoms with Crippen molar-refractivity contribution in [2.75, 3.05) is 32.8 Å². The molecule has 0 bridgehead atoms. The molecular weight excluding hydrogens is 226 g/mol. The topological polar surface area (TPSA) is 50.9 Å². The van der Waals surface area contributed by atoms with Crippen LogP contribution in [0.2, 0.25) is 0 Å². The molecule has 0 spiro atoms. The third kappa shape index (κ3) is 6.24. The second kappa shape index (κ2) is 8.35. The molecule has 0 unspecified atom stereocenters. The highest BCUT2D eigenvalue weighted by Crippen LogP contribution is 2.15. The number of rotatable bonds is 6. The number of nitrogens with zero attached hydrogens (tertiary/aromatic N) is 2. The Bertz CT molecular complexity index is 245. The third-order valence-electron chi connectivity index (χ3n) is 3.46. The Morgan fingerprint density at radius 3 is 2.61 bits per heavy atom. The Morgan fingerprint density at radius 1 is 1.33 bits per heavy atom. The van der Waals surface area contributed by atoms with Gasteiger partial charge in [-0.05, 0) is 31.1 Å². The highest BCUT2D eigenvalue weighted by atomic mass is 16.5. The molecule has 106 valence electrons. The number of ether oxygens (including phenoxy) is 1. The molecule has 4 nitrogen and oxygen atoms in total. The predicted molar refractivity (Wildman–Crippen MR) is 76.7 cm³/mol. The second-order valence-corrected chi connectivity index (χ2v) is 5.70. The molecule has 0 radical (unpaired) electrons. The van der Waals surface area contributed by atoms with Crippen LogP contribution in [0, 0.1) is 11.8 Å². The summed E-state index contributed by atoms with van der Waals surface area (Å²) in [4.78, 5) is 6.57. The van der Waals surface area contributed by atoms with Crippen molar-refractivity contribution in [3.63, 3.8) is 0 Å². The van der Waals surface area contributed by atoms with Crippen LogP contribution in [0.4, 0.5) is 0 Å². The maximum absolute atomic E-state index is 5.98. The molecule has 1 fully saturated rings. The van der Waals surface area contributed by atoms with Crippen LogP contribution in [0.3, 0.4) is 0 Å². The maximum Gasteiger partial charge on any atom is 0.191 e. The molecule has 1 aliphatic heterocycles. The molecule has 18 heavy (non-hydrogen) atoms. The van der Waals surface area contributed by atoms with Crippen molar-refractivity contribution < 1.29 is 4.74 Å². The number of guanidine groups is 1. The number of hydrogen-bond acceptors (Lipinski definition) is 2. The van der Waals surface area contributed by atoms with E-state index < -0.39 is 0 Å². The van der Waals surface area contributed by atoms with E-state index in [-0.39, 0.29) is 0 Å². The van der Waals surface area contributed by atoms with E-state index in [1.54, 1.807) is 0 Å². The minimum absolute atomic E-state index is 0.677. The Labute approximate surface area is 112 Å². The van der Waals surface area contributed by atoms with Gasteiger partial charge in [-0.3, -0.25) is 4.99 Å². The smallest absolute Gasteiger partial charge is 0.191 e. The molecule has 0 atom stereocenters. The summed E-state index contributed by atoms with van der Waals surface area (Å²) in [6.07, 6.45) is 3.56. The molecule has 1 rings (SSSR count). The van der Waals surface area contributed by atoms with Gasteiger partial charge in [-0.25, -0.2) is 0 Å². The molecule has 1 aliphatic rings. The first kappa shape index (κ1) is 15.3. The first-order valence-electron chi connectivity index (χ1n) is 7.22. The monoisotopic (exact) mass is 255 g/mol. The third-order valence-corrected chi connectivity index (χ3v) is 3.46. The van der Waals surface area contributed by atoms with Gasteiger partial charge in [0.05, 0.1) is 13.2 Å². The van der Waals surface area contributed by atoms with Crippen molar-refractivity contribution >= 4 is 5.96 Å². The van der Waals surface area contributed by atoms with Crippen molar-refractivity contribution in [2.45, 2.75) is 40.0 Å². The minimum atomic E-state index is 0.677. The lowest BCUT2D eigenvalue weighted by molar-refractivity contribution is 0.130. The van der Waals surface area contributed by atoms with E-state index in [1.165, 1.54) is 12.8 Å². The van der Waals surface area contributed by atoms with Crippen molar-refractivity contribution in [3.05, 3.63) is 0 Å². The summed E-state index contributed by atoms with van der Waals surface area (Å²) in [5, 5.41) is 0. The lowest BCUT2D eigenvalue weighted by atomic mass is 10.00. The van der Waals surface area contributed by atoms with Crippen molar-refractivity contribution in [1.82, 2.24) is 4.90 Å². The second-order valence-electron chi connectivity index (χ2n) is 5.70. The lowest BCUT2D eigenvalue weighted by Crippen LogP contribution is -2.42. The van der Waals surface area contributed by atoms with E-state index in [4.69, 9.17) is 10.5 Å². The highest BCUT2D eigenvalue weighted by molar-refractivity contribution is 5.78. The fourth-order valence-electron chi connectivity index (χ4n) is 1.98. The van der Waals surface area contributed by atoms with Gasteiger partial charge in [-0.1, -0.05) is 20.8 Å². The summed E-state index contributed by atoms with van der Waals surface area (Å²) in [7, 11) is 0. The van der Waals surface area contributed by atoms with Crippen molar-refractivity contribution in [2.24, 2.45) is 22.6 Å². The van der Waals surface area contributed by atoms with Crippen LogP contribution >= 0.6 is 0 Å². The van der Waals surface area contributed by atoms with Crippen LogP contribution in [0.5, 0.6) is 0 Å². The SMILES string of the molecule is CC(C)CCOCCN=C(N)N1CCC(C)CC1. The van der Waals surface area contributed by atoms with Gasteiger partial charge in [0.1, 0.15) is 0 Å². The molecule has 2 N–H and O–H groups in total. The molecule has 0 amide bonds. The molecular formula is C14H29N3O. The molecule has 0 aromatic carbocycles. The molecule has 0 aromatic rings. The normalized spacial score (nSPS) is 18.7. The largest absolute Gasteiger partial charge is 0.380 e. The Kier molecular flexibility index (Phi) is 7.09. The van der Waals surface area contributed by atoms with E-state index >= 15 is 0 Å². The van der Waals surface area contributed by atoms with E-state index in [1.807, 2.05) is 0 Å². The molecule has 0 aliphatic carbocycles. The fraction of sp³-hybridized carbons (Fsp3) is 0.929. The van der Waals surface area contributed by atoms with E-state index in [0.29, 0.717) is 25.0 Å². The Morgan fingerprint density at radius 2 is 2.00 bits per heavy atom. The van der Waals surface area contributed by atoms with Crippen LogP contribution in [0.1, 0.15) is 40.0 Å². The number of aliphatic imine (C=N–C) groups is 1.